The number of unbranched alkanes of at least 4 members (excludes halogenated alkanes) is 1. The molecule has 2 heterocycles. The summed E-state index contributed by atoms with van der Waals surface area (Å²) in [7, 11) is 0. The predicted octanol–water partition coefficient (Wildman–Crippen LogP) is 4.63. The lowest BCUT2D eigenvalue weighted by Gasteiger charge is -2.42. The van der Waals surface area contributed by atoms with Crippen molar-refractivity contribution >= 4 is 12.4 Å². The first kappa shape index (κ1) is 17.4. The topological polar surface area (TPSA) is 30.5 Å². The Balaban J connectivity index is 0.00000176. The maximum Gasteiger partial charge on any atom is 0.231 e. The predicted molar refractivity (Wildman–Crippen MR) is 92.2 cm³/mol. The van der Waals surface area contributed by atoms with Crippen LogP contribution in [0.15, 0.2) is 12.1 Å². The minimum absolute atomic E-state index is 0. The Morgan fingerprint density at radius 1 is 1.23 bits per heavy atom. The van der Waals surface area contributed by atoms with Crippen LogP contribution in [0.2, 0.25) is 0 Å². The molecule has 2 unspecified atom stereocenters. The average Bonchev–Trinajstić information content (AvgIpc) is 2.89. The molecule has 1 N–H and O–H groups in total. The van der Waals surface area contributed by atoms with Crippen molar-refractivity contribution in [2.45, 2.75) is 65.5 Å². The summed E-state index contributed by atoms with van der Waals surface area (Å²) in [5.74, 6) is 1.81. The van der Waals surface area contributed by atoms with Gasteiger partial charge in [-0.15, -0.1) is 12.4 Å². The molecule has 22 heavy (non-hydrogen) atoms. The Morgan fingerprint density at radius 2 is 1.91 bits per heavy atom. The number of hydrogen-bond donors (Lipinski definition) is 1. The molecule has 2 aliphatic heterocycles. The Morgan fingerprint density at radius 3 is 2.59 bits per heavy atom. The maximum atomic E-state index is 5.58. The van der Waals surface area contributed by atoms with Gasteiger partial charge in [0.25, 0.3) is 0 Å². The lowest BCUT2D eigenvalue weighted by atomic mass is 9.73. The monoisotopic (exact) mass is 325 g/mol. The number of hydrogen-bond acceptors (Lipinski definition) is 3. The molecule has 2 atom stereocenters. The van der Waals surface area contributed by atoms with Crippen LogP contribution in [-0.4, -0.2) is 12.8 Å². The minimum Gasteiger partial charge on any atom is -0.454 e. The van der Waals surface area contributed by atoms with E-state index in [2.05, 4.69) is 45.1 Å². The van der Waals surface area contributed by atoms with Gasteiger partial charge in [0.05, 0.1) is 0 Å². The van der Waals surface area contributed by atoms with Crippen molar-refractivity contribution in [1.29, 1.82) is 0 Å². The molecule has 0 radical (unpaired) electrons. The van der Waals surface area contributed by atoms with E-state index >= 15 is 0 Å². The summed E-state index contributed by atoms with van der Waals surface area (Å²) in [5.41, 5.74) is 3.06. The van der Waals surface area contributed by atoms with Crippen molar-refractivity contribution in [1.82, 2.24) is 5.32 Å². The highest BCUT2D eigenvalue weighted by atomic mass is 35.5. The largest absolute Gasteiger partial charge is 0.454 e. The Bertz CT molecular complexity index is 530. The Hall–Kier alpha value is -0.930. The molecule has 0 saturated heterocycles. The van der Waals surface area contributed by atoms with E-state index in [-0.39, 0.29) is 17.8 Å². The van der Waals surface area contributed by atoms with Gasteiger partial charge in [-0.05, 0) is 48.4 Å². The molecule has 2 aliphatic rings. The third-order valence-corrected chi connectivity index (χ3v) is 4.88. The summed E-state index contributed by atoms with van der Waals surface area (Å²) < 4.78 is 11.1. The van der Waals surface area contributed by atoms with Gasteiger partial charge in [-0.3, -0.25) is 0 Å². The van der Waals surface area contributed by atoms with E-state index in [0.29, 0.717) is 18.9 Å². The standard InChI is InChI=1S/C18H27NO2.ClH/c1-5-6-7-18(3,4)17-14-10-16-15(20-11-21-16)9-13(14)8-12(2)19-17;/h9-10,12,17,19H,5-8,11H2,1-4H3;1H. The van der Waals surface area contributed by atoms with Crippen LogP contribution >= 0.6 is 12.4 Å². The fourth-order valence-electron chi connectivity index (χ4n) is 3.63. The number of benzene rings is 1. The molecule has 4 heteroatoms. The summed E-state index contributed by atoms with van der Waals surface area (Å²) >= 11 is 0. The van der Waals surface area contributed by atoms with Crippen molar-refractivity contribution in [3.05, 3.63) is 23.3 Å². The van der Waals surface area contributed by atoms with Crippen molar-refractivity contribution in [2.75, 3.05) is 6.79 Å². The number of rotatable bonds is 4. The highest BCUT2D eigenvalue weighted by Crippen LogP contribution is 2.45. The summed E-state index contributed by atoms with van der Waals surface area (Å²) in [6.45, 7) is 9.65. The SMILES string of the molecule is CCCCC(C)(C)C1NC(C)Cc2cc3c(cc21)OCO3.Cl. The van der Waals surface area contributed by atoms with Crippen LogP contribution in [0.4, 0.5) is 0 Å². The second kappa shape index (κ2) is 6.67. The summed E-state index contributed by atoms with van der Waals surface area (Å²) in [5, 5.41) is 3.82. The summed E-state index contributed by atoms with van der Waals surface area (Å²) in [4.78, 5) is 0. The van der Waals surface area contributed by atoms with E-state index in [1.165, 1.54) is 30.4 Å². The van der Waals surface area contributed by atoms with Crippen molar-refractivity contribution in [3.8, 4) is 11.5 Å². The van der Waals surface area contributed by atoms with Gasteiger partial charge in [0.2, 0.25) is 6.79 Å². The van der Waals surface area contributed by atoms with Crippen molar-refractivity contribution in [3.63, 3.8) is 0 Å². The summed E-state index contributed by atoms with van der Waals surface area (Å²) in [6.07, 6.45) is 4.83. The van der Waals surface area contributed by atoms with E-state index < -0.39 is 0 Å². The minimum atomic E-state index is 0. The van der Waals surface area contributed by atoms with Gasteiger partial charge in [-0.1, -0.05) is 33.6 Å². The third-order valence-electron chi connectivity index (χ3n) is 4.88. The number of nitrogens with one attached hydrogen (secondary N) is 1. The van der Waals surface area contributed by atoms with Gasteiger partial charge in [0.15, 0.2) is 11.5 Å². The van der Waals surface area contributed by atoms with Crippen LogP contribution in [0.3, 0.4) is 0 Å². The zero-order chi connectivity index (χ0) is 15.0. The molecule has 0 bridgehead atoms. The number of fused-ring (bicyclic) bond motifs is 2. The van der Waals surface area contributed by atoms with Crippen LogP contribution in [0.25, 0.3) is 0 Å². The van der Waals surface area contributed by atoms with Gasteiger partial charge in [-0.25, -0.2) is 0 Å². The smallest absolute Gasteiger partial charge is 0.231 e. The van der Waals surface area contributed by atoms with Crippen LogP contribution in [0, 0.1) is 5.41 Å². The fourth-order valence-corrected chi connectivity index (χ4v) is 3.63. The van der Waals surface area contributed by atoms with Gasteiger partial charge in [0.1, 0.15) is 0 Å². The molecule has 0 amide bonds. The molecule has 0 aliphatic carbocycles. The van der Waals surface area contributed by atoms with E-state index in [4.69, 9.17) is 9.47 Å². The van der Waals surface area contributed by atoms with Gasteiger partial charge >= 0.3 is 0 Å². The third kappa shape index (κ3) is 3.21. The van der Waals surface area contributed by atoms with Crippen LogP contribution in [0.1, 0.15) is 64.1 Å². The van der Waals surface area contributed by atoms with E-state index in [1.54, 1.807) is 0 Å². The molecule has 3 rings (SSSR count). The second-order valence-electron chi connectivity index (χ2n) is 7.20. The quantitative estimate of drug-likeness (QED) is 0.875. The average molecular weight is 326 g/mol. The van der Waals surface area contributed by atoms with Crippen LogP contribution in [0.5, 0.6) is 11.5 Å². The van der Waals surface area contributed by atoms with E-state index in [1.807, 2.05) is 0 Å². The molecule has 0 spiro atoms. The molecule has 3 nitrogen and oxygen atoms in total. The lowest BCUT2D eigenvalue weighted by molar-refractivity contribution is 0.173. The van der Waals surface area contributed by atoms with Crippen LogP contribution in [-0.2, 0) is 6.42 Å². The molecule has 0 fully saturated rings. The lowest BCUT2D eigenvalue weighted by Crippen LogP contribution is -2.44. The zero-order valence-corrected chi connectivity index (χ0v) is 14.9. The first-order valence-electron chi connectivity index (χ1n) is 8.19. The van der Waals surface area contributed by atoms with Gasteiger partial charge in [-0.2, -0.15) is 0 Å². The van der Waals surface area contributed by atoms with E-state index in [0.717, 1.165) is 17.9 Å². The molecule has 0 aromatic heterocycles. The molecule has 1 aromatic carbocycles. The number of ether oxygens (including phenoxy) is 2. The molecule has 0 saturated carbocycles. The maximum absolute atomic E-state index is 5.58. The van der Waals surface area contributed by atoms with Crippen molar-refractivity contribution < 1.29 is 9.47 Å². The van der Waals surface area contributed by atoms with Gasteiger partial charge in [0, 0.05) is 12.1 Å². The number of halogens is 1. The van der Waals surface area contributed by atoms with Crippen LogP contribution < -0.4 is 14.8 Å². The molecular formula is C18H28ClNO2. The highest BCUT2D eigenvalue weighted by molar-refractivity contribution is 5.85. The van der Waals surface area contributed by atoms with E-state index in [9.17, 15) is 0 Å². The first-order chi connectivity index (χ1) is 10.0. The molecule has 1 aromatic rings. The summed E-state index contributed by atoms with van der Waals surface area (Å²) in [6, 6.07) is 5.29. The Labute approximate surface area is 140 Å². The first-order valence-corrected chi connectivity index (χ1v) is 8.19. The van der Waals surface area contributed by atoms with Gasteiger partial charge < -0.3 is 14.8 Å². The second-order valence-corrected chi connectivity index (χ2v) is 7.20. The molecule has 124 valence electrons. The molecular weight excluding hydrogens is 298 g/mol. The fraction of sp³-hybridized carbons (Fsp3) is 0.667. The zero-order valence-electron chi connectivity index (χ0n) is 14.1. The Kier molecular flexibility index (Phi) is 5.29. The normalized spacial score (nSPS) is 22.9. The van der Waals surface area contributed by atoms with Crippen molar-refractivity contribution in [2.24, 2.45) is 5.41 Å². The highest BCUT2D eigenvalue weighted by Gasteiger charge is 2.36.